The smallest absolute Gasteiger partial charge is 0.264 e. The first kappa shape index (κ1) is 22.6. The summed E-state index contributed by atoms with van der Waals surface area (Å²) in [6, 6.07) is 1.15. The van der Waals surface area contributed by atoms with Gasteiger partial charge in [0.25, 0.3) is 5.91 Å². The molecule has 10 heteroatoms. The van der Waals surface area contributed by atoms with Gasteiger partial charge in [0.2, 0.25) is 11.8 Å². The first-order valence-electron chi connectivity index (χ1n) is 10.5. The van der Waals surface area contributed by atoms with Crippen molar-refractivity contribution in [2.24, 2.45) is 0 Å². The van der Waals surface area contributed by atoms with Gasteiger partial charge in [0.1, 0.15) is 6.04 Å². The maximum atomic E-state index is 13.4. The molecule has 1 fully saturated rings. The van der Waals surface area contributed by atoms with Crippen LogP contribution < -0.4 is 10.6 Å². The van der Waals surface area contributed by atoms with E-state index in [0.29, 0.717) is 28.6 Å². The maximum absolute atomic E-state index is 13.4. The van der Waals surface area contributed by atoms with Crippen LogP contribution in [-0.4, -0.2) is 78.6 Å². The monoisotopic (exact) mass is 482 g/mol. The lowest BCUT2D eigenvalue weighted by Crippen LogP contribution is -2.45. The van der Waals surface area contributed by atoms with E-state index in [1.165, 1.54) is 22.2 Å². The molecule has 4 heterocycles. The molecule has 3 atom stereocenters. The van der Waals surface area contributed by atoms with Crippen LogP contribution in [0.4, 0.5) is 0 Å². The van der Waals surface area contributed by atoms with Gasteiger partial charge in [-0.2, -0.15) is 0 Å². The number of hydrogen-bond acceptors (Lipinski definition) is 6. The zero-order valence-electron chi connectivity index (χ0n) is 17.7. The van der Waals surface area contributed by atoms with E-state index in [2.05, 4.69) is 22.6 Å². The lowest BCUT2D eigenvalue weighted by Gasteiger charge is -2.22. The van der Waals surface area contributed by atoms with E-state index in [1.807, 2.05) is 12.1 Å². The summed E-state index contributed by atoms with van der Waals surface area (Å²) < 4.78 is 0.635. The summed E-state index contributed by atoms with van der Waals surface area (Å²) in [6.07, 6.45) is 4.72. The van der Waals surface area contributed by atoms with E-state index in [-0.39, 0.29) is 29.0 Å². The Bertz CT molecular complexity index is 893. The molecular formula is C21H27ClN4O3S2. The van der Waals surface area contributed by atoms with Crippen LogP contribution in [0, 0.1) is 0 Å². The number of nitrogens with one attached hydrogen (secondary N) is 2. The highest BCUT2D eigenvalue weighted by Crippen LogP contribution is 2.35. The Morgan fingerprint density at radius 1 is 1.19 bits per heavy atom. The summed E-state index contributed by atoms with van der Waals surface area (Å²) in [5, 5.41) is 5.44. The Labute approximate surface area is 195 Å². The molecule has 2 N–H and O–H groups in total. The Morgan fingerprint density at radius 2 is 1.97 bits per heavy atom. The zero-order valence-corrected chi connectivity index (χ0v) is 20.0. The number of hydrogen-bond donors (Lipinski definition) is 2. The van der Waals surface area contributed by atoms with Gasteiger partial charge in [0.05, 0.1) is 14.5 Å². The molecule has 0 aliphatic carbocycles. The number of fused-ring (bicyclic) bond motifs is 1. The number of carbonyl (C=O) groups excluding carboxylic acids is 3. The van der Waals surface area contributed by atoms with E-state index in [1.54, 1.807) is 23.3 Å². The van der Waals surface area contributed by atoms with Crippen molar-refractivity contribution >= 4 is 52.4 Å². The Kier molecular flexibility index (Phi) is 6.95. The predicted molar refractivity (Wildman–Crippen MR) is 125 cm³/mol. The molecule has 7 nitrogen and oxygen atoms in total. The van der Waals surface area contributed by atoms with Crippen molar-refractivity contribution in [2.45, 2.75) is 43.0 Å². The quantitative estimate of drug-likeness (QED) is 0.684. The molecule has 31 heavy (non-hydrogen) atoms. The second-order valence-electron chi connectivity index (χ2n) is 8.24. The molecule has 3 aliphatic rings. The van der Waals surface area contributed by atoms with Gasteiger partial charge in [-0.25, -0.2) is 0 Å². The van der Waals surface area contributed by atoms with Crippen molar-refractivity contribution in [3.05, 3.63) is 31.8 Å². The highest BCUT2D eigenvalue weighted by atomic mass is 35.5. The van der Waals surface area contributed by atoms with E-state index < -0.39 is 6.04 Å². The summed E-state index contributed by atoms with van der Waals surface area (Å²) in [5.41, 5.74) is 1.24. The number of carbonyl (C=O) groups is 3. The minimum absolute atomic E-state index is 0.0983. The number of allylic oxidation sites excluding steroid dienone is 1. The minimum atomic E-state index is -0.589. The van der Waals surface area contributed by atoms with Gasteiger partial charge < -0.3 is 20.4 Å². The number of thiophene rings is 1. The number of amides is 3. The normalized spacial score (nSPS) is 26.2. The average molecular weight is 483 g/mol. The third-order valence-electron chi connectivity index (χ3n) is 6.09. The van der Waals surface area contributed by atoms with Crippen molar-refractivity contribution in [1.82, 2.24) is 20.4 Å². The van der Waals surface area contributed by atoms with Crippen LogP contribution in [0.3, 0.4) is 0 Å². The molecule has 1 unspecified atom stereocenters. The molecule has 3 aliphatic heterocycles. The van der Waals surface area contributed by atoms with Crippen molar-refractivity contribution in [3.63, 3.8) is 0 Å². The molecule has 0 aromatic carbocycles. The molecule has 3 amide bonds. The number of thioether (sulfide) groups is 1. The minimum Gasteiger partial charge on any atom is -0.357 e. The summed E-state index contributed by atoms with van der Waals surface area (Å²) in [7, 11) is 3.69. The van der Waals surface area contributed by atoms with Gasteiger partial charge >= 0.3 is 0 Å². The highest BCUT2D eigenvalue weighted by molar-refractivity contribution is 8.06. The SMILES string of the molecule is CNC(=O)[C@@H]1C[C@@H](NC(=O)C2CC=C(Cl)S2)CN1C(=O)c1cc2c(s1)CCN(C)CC2. The Morgan fingerprint density at radius 3 is 2.68 bits per heavy atom. The van der Waals surface area contributed by atoms with E-state index in [0.717, 1.165) is 25.9 Å². The molecule has 168 valence electrons. The van der Waals surface area contributed by atoms with Crippen molar-refractivity contribution in [2.75, 3.05) is 33.7 Å². The topological polar surface area (TPSA) is 81.8 Å². The van der Waals surface area contributed by atoms with E-state index >= 15 is 0 Å². The van der Waals surface area contributed by atoms with Crippen LogP contribution in [0.15, 0.2) is 16.5 Å². The lowest BCUT2D eigenvalue weighted by atomic mass is 10.1. The molecule has 0 spiro atoms. The van der Waals surface area contributed by atoms with E-state index in [4.69, 9.17) is 11.6 Å². The average Bonchev–Trinajstić information content (AvgIpc) is 3.45. The van der Waals surface area contributed by atoms with Gasteiger partial charge in [-0.05, 0) is 44.4 Å². The predicted octanol–water partition coefficient (Wildman–Crippen LogP) is 1.81. The molecule has 4 rings (SSSR count). The first-order valence-corrected chi connectivity index (χ1v) is 12.6. The van der Waals surface area contributed by atoms with Crippen LogP contribution >= 0.6 is 34.7 Å². The number of rotatable bonds is 4. The first-order chi connectivity index (χ1) is 14.9. The van der Waals surface area contributed by atoms with E-state index in [9.17, 15) is 14.4 Å². The van der Waals surface area contributed by atoms with Crippen LogP contribution in [0.2, 0.25) is 0 Å². The molecule has 1 aromatic rings. The number of likely N-dealkylation sites (tertiary alicyclic amines) is 1. The Hall–Kier alpha value is -1.55. The molecule has 0 bridgehead atoms. The molecule has 0 radical (unpaired) electrons. The maximum Gasteiger partial charge on any atom is 0.264 e. The van der Waals surface area contributed by atoms with Gasteiger partial charge in [0, 0.05) is 37.6 Å². The highest BCUT2D eigenvalue weighted by Gasteiger charge is 2.41. The number of likely N-dealkylation sites (N-methyl/N-ethyl adjacent to an activating group) is 2. The van der Waals surface area contributed by atoms with Crippen molar-refractivity contribution in [1.29, 1.82) is 0 Å². The van der Waals surface area contributed by atoms with Gasteiger partial charge in [0.15, 0.2) is 0 Å². The second-order valence-corrected chi connectivity index (χ2v) is 11.3. The molecular weight excluding hydrogens is 456 g/mol. The second kappa shape index (κ2) is 9.52. The van der Waals surface area contributed by atoms with Crippen LogP contribution in [0.25, 0.3) is 0 Å². The van der Waals surface area contributed by atoms with Crippen LogP contribution in [-0.2, 0) is 22.4 Å². The third-order valence-corrected chi connectivity index (χ3v) is 8.82. The largest absolute Gasteiger partial charge is 0.357 e. The standard InChI is InChI=1S/C21H27ClN4O3S2/c1-23-19(27)14-10-13(24-20(28)16-3-4-18(22)31-16)11-26(14)21(29)17-9-12-5-7-25(2)8-6-15(12)30-17/h4,9,13-14,16H,3,5-8,10-11H2,1-2H3,(H,23,27)(H,24,28)/t13-,14+,16?/m1/s1. The molecule has 1 saturated heterocycles. The fraction of sp³-hybridized carbons (Fsp3) is 0.571. The number of halogens is 1. The molecule has 1 aromatic heterocycles. The molecule has 0 saturated carbocycles. The van der Waals surface area contributed by atoms with Gasteiger partial charge in [-0.15, -0.1) is 23.1 Å². The van der Waals surface area contributed by atoms with Crippen molar-refractivity contribution in [3.8, 4) is 0 Å². The fourth-order valence-corrected chi connectivity index (χ4v) is 6.72. The van der Waals surface area contributed by atoms with Gasteiger partial charge in [-0.1, -0.05) is 17.7 Å². The summed E-state index contributed by atoms with van der Waals surface area (Å²) in [5.74, 6) is -0.430. The summed E-state index contributed by atoms with van der Waals surface area (Å²) in [4.78, 5) is 44.4. The zero-order chi connectivity index (χ0) is 22.1. The lowest BCUT2D eigenvalue weighted by molar-refractivity contribution is -0.124. The fourth-order valence-electron chi connectivity index (χ4n) is 4.32. The summed E-state index contributed by atoms with van der Waals surface area (Å²) >= 11 is 8.87. The Balaban J connectivity index is 1.46. The third kappa shape index (κ3) is 4.94. The number of nitrogens with zero attached hydrogens (tertiary/aromatic N) is 2. The van der Waals surface area contributed by atoms with Crippen molar-refractivity contribution < 1.29 is 14.4 Å². The summed E-state index contributed by atoms with van der Waals surface area (Å²) in [6.45, 7) is 2.29. The van der Waals surface area contributed by atoms with Gasteiger partial charge in [-0.3, -0.25) is 14.4 Å². The van der Waals surface area contributed by atoms with Crippen LogP contribution in [0.1, 0.15) is 33.0 Å². The van der Waals surface area contributed by atoms with Crippen LogP contribution in [0.5, 0.6) is 0 Å².